The van der Waals surface area contributed by atoms with Gasteiger partial charge in [0.05, 0.1) is 6.04 Å². The predicted molar refractivity (Wildman–Crippen MR) is 94.8 cm³/mol. The molecule has 1 fully saturated rings. The third kappa shape index (κ3) is 3.19. The molecule has 24 heavy (non-hydrogen) atoms. The summed E-state index contributed by atoms with van der Waals surface area (Å²) in [6, 6.07) is 11.0. The van der Waals surface area contributed by atoms with Crippen LogP contribution < -0.4 is 10.9 Å². The van der Waals surface area contributed by atoms with Crippen LogP contribution >= 0.6 is 11.3 Å². The van der Waals surface area contributed by atoms with Gasteiger partial charge >= 0.3 is 0 Å². The number of nitrogens with zero attached hydrogens (tertiary/aromatic N) is 4. The Hall–Kier alpha value is -1.83. The van der Waals surface area contributed by atoms with E-state index in [4.69, 9.17) is 5.10 Å². The Bertz CT molecular complexity index is 809. The first-order valence-corrected chi connectivity index (χ1v) is 9.26. The van der Waals surface area contributed by atoms with Crippen LogP contribution in [0.25, 0.3) is 4.96 Å². The molecule has 126 valence electrons. The highest BCUT2D eigenvalue weighted by molar-refractivity contribution is 7.16. The van der Waals surface area contributed by atoms with Crippen LogP contribution in [0.3, 0.4) is 0 Å². The molecule has 2 atom stereocenters. The van der Waals surface area contributed by atoms with Crippen LogP contribution in [0, 0.1) is 5.92 Å². The molecule has 0 bridgehead atoms. The summed E-state index contributed by atoms with van der Waals surface area (Å²) < 4.78 is 1.90. The molecule has 1 saturated heterocycles. The van der Waals surface area contributed by atoms with E-state index in [-0.39, 0.29) is 6.04 Å². The monoisotopic (exact) mass is 342 g/mol. The summed E-state index contributed by atoms with van der Waals surface area (Å²) in [5, 5.41) is 14.5. The molecule has 2 N–H and O–H groups in total. The van der Waals surface area contributed by atoms with Gasteiger partial charge in [-0.05, 0) is 24.3 Å². The maximum Gasteiger partial charge on any atom is 0.234 e. The average Bonchev–Trinajstić information content (AvgIpc) is 3.23. The molecule has 0 amide bonds. The van der Waals surface area contributed by atoms with Gasteiger partial charge in [-0.1, -0.05) is 55.5 Å². The SMILES string of the molecule is CC(C)CC1CC(c2nnc3sc(Cc4ccccc4)nn23)NN1. The van der Waals surface area contributed by atoms with Crippen LogP contribution in [0.4, 0.5) is 0 Å². The van der Waals surface area contributed by atoms with Crippen molar-refractivity contribution in [3.8, 4) is 0 Å². The van der Waals surface area contributed by atoms with Crippen LogP contribution in [0.2, 0.25) is 0 Å². The third-order valence-electron chi connectivity index (χ3n) is 4.30. The molecule has 2 unspecified atom stereocenters. The van der Waals surface area contributed by atoms with Crippen molar-refractivity contribution >= 4 is 16.3 Å². The second-order valence-corrected chi connectivity index (χ2v) is 7.85. The van der Waals surface area contributed by atoms with E-state index in [1.165, 1.54) is 5.56 Å². The van der Waals surface area contributed by atoms with Crippen molar-refractivity contribution in [2.45, 2.75) is 45.2 Å². The number of aromatic nitrogens is 4. The Balaban J connectivity index is 1.53. The summed E-state index contributed by atoms with van der Waals surface area (Å²) >= 11 is 1.61. The Morgan fingerprint density at radius 3 is 2.83 bits per heavy atom. The van der Waals surface area contributed by atoms with Gasteiger partial charge in [-0.3, -0.25) is 5.43 Å². The Kier molecular flexibility index (Phi) is 4.30. The highest BCUT2D eigenvalue weighted by atomic mass is 32.1. The van der Waals surface area contributed by atoms with Crippen LogP contribution in [0.5, 0.6) is 0 Å². The number of hydrazine groups is 1. The quantitative estimate of drug-likeness (QED) is 0.746. The van der Waals surface area contributed by atoms with Crippen molar-refractivity contribution in [1.82, 2.24) is 30.7 Å². The first-order valence-electron chi connectivity index (χ1n) is 8.45. The number of hydrogen-bond donors (Lipinski definition) is 2. The Labute approximate surface area is 145 Å². The minimum Gasteiger partial charge on any atom is -0.254 e. The first-order chi connectivity index (χ1) is 11.7. The molecule has 2 aromatic heterocycles. The number of benzene rings is 1. The average molecular weight is 342 g/mol. The number of nitrogens with one attached hydrogen (secondary N) is 2. The maximum absolute atomic E-state index is 4.74. The standard InChI is InChI=1S/C17H22N6S/c1-11(2)8-13-10-14(19-18-13)16-20-21-17-23(16)22-15(24-17)9-12-6-4-3-5-7-12/h3-7,11,13-14,18-19H,8-10H2,1-2H3. The second kappa shape index (κ2) is 6.58. The summed E-state index contributed by atoms with van der Waals surface area (Å²) in [6.45, 7) is 4.50. The van der Waals surface area contributed by atoms with E-state index in [0.717, 1.165) is 35.1 Å². The van der Waals surface area contributed by atoms with E-state index in [1.807, 2.05) is 10.6 Å². The van der Waals surface area contributed by atoms with Crippen LogP contribution in [-0.2, 0) is 6.42 Å². The lowest BCUT2D eigenvalue weighted by molar-refractivity contribution is 0.446. The zero-order valence-electron chi connectivity index (χ0n) is 13.9. The summed E-state index contributed by atoms with van der Waals surface area (Å²) in [5.74, 6) is 1.58. The molecule has 4 rings (SSSR count). The molecule has 0 spiro atoms. The van der Waals surface area contributed by atoms with Gasteiger partial charge in [0.15, 0.2) is 5.82 Å². The van der Waals surface area contributed by atoms with Gasteiger partial charge in [-0.2, -0.15) is 9.61 Å². The molecule has 3 heterocycles. The molecule has 6 nitrogen and oxygen atoms in total. The topological polar surface area (TPSA) is 67.1 Å². The van der Waals surface area contributed by atoms with Gasteiger partial charge < -0.3 is 0 Å². The van der Waals surface area contributed by atoms with Crippen LogP contribution in [0.1, 0.15) is 49.1 Å². The van der Waals surface area contributed by atoms with Gasteiger partial charge in [-0.15, -0.1) is 10.2 Å². The van der Waals surface area contributed by atoms with Crippen molar-refractivity contribution in [2.24, 2.45) is 5.92 Å². The first kappa shape index (κ1) is 15.7. The summed E-state index contributed by atoms with van der Waals surface area (Å²) in [5.41, 5.74) is 8.00. The molecule has 0 saturated carbocycles. The zero-order valence-corrected chi connectivity index (χ0v) is 14.8. The van der Waals surface area contributed by atoms with E-state index in [2.05, 4.69) is 59.2 Å². The van der Waals surface area contributed by atoms with E-state index >= 15 is 0 Å². The lowest BCUT2D eigenvalue weighted by Gasteiger charge is -2.11. The fourth-order valence-electron chi connectivity index (χ4n) is 3.25. The molecule has 1 aliphatic heterocycles. The van der Waals surface area contributed by atoms with Crippen LogP contribution in [0.15, 0.2) is 30.3 Å². The highest BCUT2D eigenvalue weighted by Crippen LogP contribution is 2.26. The van der Waals surface area contributed by atoms with E-state index < -0.39 is 0 Å². The Morgan fingerprint density at radius 2 is 2.04 bits per heavy atom. The maximum atomic E-state index is 4.74. The third-order valence-corrected chi connectivity index (χ3v) is 5.20. The van der Waals surface area contributed by atoms with E-state index in [0.29, 0.717) is 12.0 Å². The molecule has 7 heteroatoms. The smallest absolute Gasteiger partial charge is 0.234 e. The van der Waals surface area contributed by atoms with Gasteiger partial charge in [0, 0.05) is 12.5 Å². The molecule has 1 aliphatic rings. The normalized spacial score (nSPS) is 21.1. The lowest BCUT2D eigenvalue weighted by atomic mass is 10.00. The highest BCUT2D eigenvalue weighted by Gasteiger charge is 2.29. The summed E-state index contributed by atoms with van der Waals surface area (Å²) in [7, 11) is 0. The molecule has 3 aromatic rings. The van der Waals surface area contributed by atoms with Crippen molar-refractivity contribution in [3.05, 3.63) is 46.7 Å². The van der Waals surface area contributed by atoms with Crippen molar-refractivity contribution in [1.29, 1.82) is 0 Å². The van der Waals surface area contributed by atoms with Crippen molar-refractivity contribution < 1.29 is 0 Å². The van der Waals surface area contributed by atoms with Gasteiger partial charge in [0.2, 0.25) is 4.96 Å². The minimum atomic E-state index is 0.162. The molecular formula is C17H22N6S. The van der Waals surface area contributed by atoms with Crippen molar-refractivity contribution in [2.75, 3.05) is 0 Å². The number of fused-ring (bicyclic) bond motifs is 1. The Morgan fingerprint density at radius 1 is 1.21 bits per heavy atom. The summed E-state index contributed by atoms with van der Waals surface area (Å²) in [4.78, 5) is 0.866. The lowest BCUT2D eigenvalue weighted by Crippen LogP contribution is -2.32. The van der Waals surface area contributed by atoms with Gasteiger partial charge in [-0.25, -0.2) is 5.43 Å². The van der Waals surface area contributed by atoms with Gasteiger partial charge in [0.25, 0.3) is 0 Å². The second-order valence-electron chi connectivity index (χ2n) is 6.81. The summed E-state index contributed by atoms with van der Waals surface area (Å²) in [6.07, 6.45) is 3.01. The van der Waals surface area contributed by atoms with E-state index in [9.17, 15) is 0 Å². The largest absolute Gasteiger partial charge is 0.254 e. The zero-order chi connectivity index (χ0) is 16.5. The van der Waals surface area contributed by atoms with Crippen LogP contribution in [-0.4, -0.2) is 25.9 Å². The molecule has 0 aliphatic carbocycles. The molecule has 1 aromatic carbocycles. The molecular weight excluding hydrogens is 320 g/mol. The predicted octanol–water partition coefficient (Wildman–Crippen LogP) is 2.73. The fraction of sp³-hybridized carbons (Fsp3) is 0.471. The van der Waals surface area contributed by atoms with Gasteiger partial charge in [0.1, 0.15) is 5.01 Å². The van der Waals surface area contributed by atoms with E-state index in [1.54, 1.807) is 11.3 Å². The number of hydrogen-bond acceptors (Lipinski definition) is 6. The minimum absolute atomic E-state index is 0.162. The number of rotatable bonds is 5. The fourth-order valence-corrected chi connectivity index (χ4v) is 4.12. The molecule has 0 radical (unpaired) electrons. The van der Waals surface area contributed by atoms with Crippen molar-refractivity contribution in [3.63, 3.8) is 0 Å².